The van der Waals surface area contributed by atoms with Crippen LogP contribution in [0.3, 0.4) is 0 Å². The standard InChI is InChI=1S/C27H25NO4/c1-17-8-10-21(30)15-24(17)28(25-16-22(31)11-9-18(25)2)23-6-4-5-7-27(23)32-26-13-12-20(29)14-19(26)3/h4-16,29-31H,1-3H3. The van der Waals surface area contributed by atoms with E-state index >= 15 is 0 Å². The Morgan fingerprint density at radius 3 is 1.66 bits per heavy atom. The van der Waals surface area contributed by atoms with Crippen molar-refractivity contribution in [1.82, 2.24) is 0 Å². The molecule has 0 aliphatic rings. The fourth-order valence-electron chi connectivity index (χ4n) is 3.66. The lowest BCUT2D eigenvalue weighted by atomic mass is 10.1. The van der Waals surface area contributed by atoms with Gasteiger partial charge in [-0.3, -0.25) is 0 Å². The van der Waals surface area contributed by atoms with Gasteiger partial charge in [0, 0.05) is 12.1 Å². The summed E-state index contributed by atoms with van der Waals surface area (Å²) in [6.45, 7) is 5.80. The summed E-state index contributed by atoms with van der Waals surface area (Å²) >= 11 is 0. The topological polar surface area (TPSA) is 73.2 Å². The molecule has 32 heavy (non-hydrogen) atoms. The molecule has 0 aromatic heterocycles. The Hall–Kier alpha value is -4.12. The Labute approximate surface area is 187 Å². The highest BCUT2D eigenvalue weighted by molar-refractivity contribution is 5.84. The molecule has 0 fully saturated rings. The fraction of sp³-hybridized carbons (Fsp3) is 0.111. The van der Waals surface area contributed by atoms with E-state index in [0.29, 0.717) is 11.5 Å². The second-order valence-electron chi connectivity index (χ2n) is 7.80. The summed E-state index contributed by atoms with van der Waals surface area (Å²) in [5, 5.41) is 30.2. The maximum Gasteiger partial charge on any atom is 0.151 e. The van der Waals surface area contributed by atoms with Crippen LogP contribution in [0, 0.1) is 20.8 Å². The molecule has 0 atom stereocenters. The van der Waals surface area contributed by atoms with Crippen LogP contribution in [-0.4, -0.2) is 15.3 Å². The average molecular weight is 428 g/mol. The van der Waals surface area contributed by atoms with Gasteiger partial charge in [-0.05, 0) is 79.9 Å². The molecule has 0 aliphatic carbocycles. The van der Waals surface area contributed by atoms with E-state index in [2.05, 4.69) is 0 Å². The smallest absolute Gasteiger partial charge is 0.151 e. The molecule has 0 spiro atoms. The normalized spacial score (nSPS) is 10.7. The van der Waals surface area contributed by atoms with Crippen LogP contribution in [0.4, 0.5) is 17.1 Å². The van der Waals surface area contributed by atoms with Gasteiger partial charge in [0.2, 0.25) is 0 Å². The molecule has 0 bridgehead atoms. The van der Waals surface area contributed by atoms with E-state index in [4.69, 9.17) is 4.74 Å². The molecule has 3 N–H and O–H groups in total. The van der Waals surface area contributed by atoms with Gasteiger partial charge in [-0.1, -0.05) is 24.3 Å². The number of nitrogens with zero attached hydrogens (tertiary/aromatic N) is 1. The highest BCUT2D eigenvalue weighted by Crippen LogP contribution is 2.45. The van der Waals surface area contributed by atoms with Gasteiger partial charge in [0.25, 0.3) is 0 Å². The van der Waals surface area contributed by atoms with E-state index in [1.54, 1.807) is 42.5 Å². The first-order chi connectivity index (χ1) is 15.3. The molecule has 0 heterocycles. The number of rotatable bonds is 5. The number of hydrogen-bond donors (Lipinski definition) is 3. The molecule has 0 saturated carbocycles. The zero-order valence-corrected chi connectivity index (χ0v) is 18.2. The second-order valence-corrected chi connectivity index (χ2v) is 7.80. The SMILES string of the molecule is Cc1cc(O)ccc1Oc1ccccc1N(c1cc(O)ccc1C)c1cc(O)ccc1C. The molecule has 162 valence electrons. The Bertz CT molecular complexity index is 1230. The molecule has 0 aliphatic heterocycles. The zero-order valence-electron chi connectivity index (χ0n) is 18.2. The van der Waals surface area contributed by atoms with Gasteiger partial charge in [0.05, 0.1) is 17.1 Å². The quantitative estimate of drug-likeness (QED) is 0.320. The average Bonchev–Trinajstić information content (AvgIpc) is 2.76. The fourth-order valence-corrected chi connectivity index (χ4v) is 3.66. The van der Waals surface area contributed by atoms with Crippen molar-refractivity contribution in [1.29, 1.82) is 0 Å². The number of benzene rings is 4. The molecule has 0 unspecified atom stereocenters. The van der Waals surface area contributed by atoms with Crippen molar-refractivity contribution >= 4 is 17.1 Å². The maximum atomic E-state index is 10.2. The van der Waals surface area contributed by atoms with Crippen LogP contribution in [0.5, 0.6) is 28.7 Å². The summed E-state index contributed by atoms with van der Waals surface area (Å²) < 4.78 is 6.28. The van der Waals surface area contributed by atoms with Crippen LogP contribution in [0.2, 0.25) is 0 Å². The zero-order chi connectivity index (χ0) is 22.8. The van der Waals surface area contributed by atoms with Crippen LogP contribution in [0.15, 0.2) is 78.9 Å². The van der Waals surface area contributed by atoms with E-state index in [9.17, 15) is 15.3 Å². The van der Waals surface area contributed by atoms with Crippen molar-refractivity contribution in [2.75, 3.05) is 4.90 Å². The lowest BCUT2D eigenvalue weighted by Crippen LogP contribution is -2.13. The van der Waals surface area contributed by atoms with E-state index < -0.39 is 0 Å². The summed E-state index contributed by atoms with van der Waals surface area (Å²) in [5.74, 6) is 1.67. The van der Waals surface area contributed by atoms with Crippen LogP contribution in [0.25, 0.3) is 0 Å². The highest BCUT2D eigenvalue weighted by atomic mass is 16.5. The number of para-hydroxylation sites is 2. The molecule has 0 amide bonds. The number of ether oxygens (including phenoxy) is 1. The minimum absolute atomic E-state index is 0.140. The number of hydrogen-bond acceptors (Lipinski definition) is 5. The van der Waals surface area contributed by atoms with E-state index in [1.807, 2.05) is 62.1 Å². The summed E-state index contributed by atoms with van der Waals surface area (Å²) in [5.41, 5.74) is 4.95. The van der Waals surface area contributed by atoms with Crippen molar-refractivity contribution in [2.45, 2.75) is 20.8 Å². The molecule has 4 rings (SSSR count). The Balaban J connectivity index is 1.93. The minimum Gasteiger partial charge on any atom is -0.508 e. The number of aromatic hydroxyl groups is 3. The molecule has 4 aromatic carbocycles. The van der Waals surface area contributed by atoms with Crippen LogP contribution in [0.1, 0.15) is 16.7 Å². The predicted octanol–water partition coefficient (Wildman–Crippen LogP) is 6.99. The third-order valence-corrected chi connectivity index (χ3v) is 5.35. The molecular formula is C27H25NO4. The number of phenolic OH excluding ortho intramolecular Hbond substituents is 3. The minimum atomic E-state index is 0.140. The number of aryl methyl sites for hydroxylation is 3. The van der Waals surface area contributed by atoms with Crippen molar-refractivity contribution < 1.29 is 20.1 Å². The Kier molecular flexibility index (Phi) is 5.65. The molecular weight excluding hydrogens is 402 g/mol. The van der Waals surface area contributed by atoms with Crippen molar-refractivity contribution in [3.8, 4) is 28.7 Å². The number of phenols is 3. The van der Waals surface area contributed by atoms with Crippen molar-refractivity contribution in [3.05, 3.63) is 95.6 Å². The van der Waals surface area contributed by atoms with Gasteiger partial charge in [-0.25, -0.2) is 0 Å². The van der Waals surface area contributed by atoms with Gasteiger partial charge < -0.3 is 25.0 Å². The van der Waals surface area contributed by atoms with Crippen molar-refractivity contribution in [3.63, 3.8) is 0 Å². The largest absolute Gasteiger partial charge is 0.508 e. The monoisotopic (exact) mass is 427 g/mol. The first-order valence-corrected chi connectivity index (χ1v) is 10.3. The maximum absolute atomic E-state index is 10.2. The molecule has 0 radical (unpaired) electrons. The first-order valence-electron chi connectivity index (χ1n) is 10.3. The molecule has 4 aromatic rings. The van der Waals surface area contributed by atoms with Gasteiger partial charge in [0.15, 0.2) is 5.75 Å². The van der Waals surface area contributed by atoms with E-state index in [0.717, 1.165) is 33.8 Å². The summed E-state index contributed by atoms with van der Waals surface area (Å²) in [7, 11) is 0. The van der Waals surface area contributed by atoms with Crippen LogP contribution in [-0.2, 0) is 0 Å². The van der Waals surface area contributed by atoms with Crippen LogP contribution >= 0.6 is 0 Å². The predicted molar refractivity (Wildman–Crippen MR) is 127 cm³/mol. The van der Waals surface area contributed by atoms with Gasteiger partial charge >= 0.3 is 0 Å². The third kappa shape index (κ3) is 4.18. The van der Waals surface area contributed by atoms with Gasteiger partial charge in [-0.2, -0.15) is 0 Å². The number of anilines is 3. The summed E-state index contributed by atoms with van der Waals surface area (Å²) in [6.07, 6.45) is 0. The van der Waals surface area contributed by atoms with Gasteiger partial charge in [-0.15, -0.1) is 0 Å². The molecule has 5 nitrogen and oxygen atoms in total. The van der Waals surface area contributed by atoms with Crippen LogP contribution < -0.4 is 9.64 Å². The summed E-state index contributed by atoms with van der Waals surface area (Å²) in [6, 6.07) is 22.9. The molecule has 5 heteroatoms. The second kappa shape index (κ2) is 8.55. The van der Waals surface area contributed by atoms with Gasteiger partial charge in [0.1, 0.15) is 23.0 Å². The lowest BCUT2D eigenvalue weighted by molar-refractivity contribution is 0.462. The molecule has 0 saturated heterocycles. The third-order valence-electron chi connectivity index (χ3n) is 5.35. The lowest BCUT2D eigenvalue weighted by Gasteiger charge is -2.30. The Morgan fingerprint density at radius 2 is 1.06 bits per heavy atom. The highest BCUT2D eigenvalue weighted by Gasteiger charge is 2.21. The Morgan fingerprint density at radius 1 is 0.531 bits per heavy atom. The summed E-state index contributed by atoms with van der Waals surface area (Å²) in [4.78, 5) is 1.97. The van der Waals surface area contributed by atoms with E-state index in [1.165, 1.54) is 0 Å². The van der Waals surface area contributed by atoms with Crippen molar-refractivity contribution in [2.24, 2.45) is 0 Å². The van der Waals surface area contributed by atoms with E-state index in [-0.39, 0.29) is 17.2 Å². The first kappa shape index (κ1) is 21.1.